The van der Waals surface area contributed by atoms with Crippen LogP contribution in [-0.4, -0.2) is 10.9 Å². The molecule has 0 aliphatic rings. The van der Waals surface area contributed by atoms with Crippen LogP contribution in [-0.2, 0) is 0 Å². The van der Waals surface area contributed by atoms with Crippen molar-refractivity contribution in [3.63, 3.8) is 0 Å². The van der Waals surface area contributed by atoms with Crippen LogP contribution in [0.25, 0.3) is 11.3 Å². The van der Waals surface area contributed by atoms with Crippen molar-refractivity contribution < 1.29 is 4.52 Å². The molecule has 2 aromatic rings. The van der Waals surface area contributed by atoms with Gasteiger partial charge in [0.25, 0.3) is 0 Å². The van der Waals surface area contributed by atoms with Gasteiger partial charge in [-0.3, -0.25) is 0 Å². The van der Waals surface area contributed by atoms with Crippen molar-refractivity contribution in [3.05, 3.63) is 30.3 Å². The summed E-state index contributed by atoms with van der Waals surface area (Å²) in [7, 11) is 0. The lowest BCUT2D eigenvalue weighted by molar-refractivity contribution is 0.439. The third-order valence-corrected chi connectivity index (χ3v) is 2.88. The fourth-order valence-electron chi connectivity index (χ4n) is 1.31. The van der Waals surface area contributed by atoms with Crippen molar-refractivity contribution in [3.8, 4) is 11.3 Å². The number of nitrogens with zero attached hydrogens (tertiary/aromatic N) is 1. The van der Waals surface area contributed by atoms with E-state index in [0.29, 0.717) is 5.88 Å². The number of anilines is 1. The molecule has 0 unspecified atom stereocenters. The second kappa shape index (κ2) is 4.40. The molecule has 1 heterocycles. The first-order valence-corrected chi connectivity index (χ1v) is 5.73. The minimum absolute atomic E-state index is 0.344. The Hall–Kier alpha value is -1.42. The average Bonchev–Trinajstić information content (AvgIpc) is 2.67. The fourth-order valence-corrected chi connectivity index (χ4v) is 1.98. The lowest BCUT2D eigenvalue weighted by atomic mass is 10.1. The van der Waals surface area contributed by atoms with Gasteiger partial charge in [-0.05, 0) is 17.9 Å². The molecule has 0 fully saturated rings. The first-order chi connectivity index (χ1) is 7.29. The summed E-state index contributed by atoms with van der Waals surface area (Å²) in [5, 5.41) is 3.85. The van der Waals surface area contributed by atoms with E-state index < -0.39 is 0 Å². The molecule has 2 N–H and O–H groups in total. The molecule has 0 saturated carbocycles. The van der Waals surface area contributed by atoms with Gasteiger partial charge >= 0.3 is 0 Å². The molecule has 0 spiro atoms. The first kappa shape index (κ1) is 10.1. The molecule has 4 heteroatoms. The zero-order valence-corrected chi connectivity index (χ0v) is 9.25. The highest BCUT2D eigenvalue weighted by molar-refractivity contribution is 7.99. The van der Waals surface area contributed by atoms with Crippen LogP contribution >= 0.6 is 11.8 Å². The van der Waals surface area contributed by atoms with Crippen molar-refractivity contribution in [1.82, 2.24) is 5.16 Å². The van der Waals surface area contributed by atoms with Crippen LogP contribution in [0.4, 0.5) is 5.88 Å². The second-order valence-corrected chi connectivity index (χ2v) is 4.41. The SMILES string of the molecule is CCSc1ccc(-c2cc(N)on2)cc1. The van der Waals surface area contributed by atoms with Gasteiger partial charge in [0.1, 0.15) is 5.69 Å². The van der Waals surface area contributed by atoms with Crippen molar-refractivity contribution in [2.75, 3.05) is 11.5 Å². The standard InChI is InChI=1S/C11H12N2OS/c1-2-15-9-5-3-8(4-6-9)10-7-11(12)14-13-10/h3-7H,2,12H2,1H3. The summed E-state index contributed by atoms with van der Waals surface area (Å²) in [5.41, 5.74) is 7.26. The van der Waals surface area contributed by atoms with Crippen LogP contribution in [0.5, 0.6) is 0 Å². The maximum Gasteiger partial charge on any atom is 0.222 e. The smallest absolute Gasteiger partial charge is 0.222 e. The summed E-state index contributed by atoms with van der Waals surface area (Å²) < 4.78 is 4.82. The van der Waals surface area contributed by atoms with Gasteiger partial charge in [-0.2, -0.15) is 0 Å². The van der Waals surface area contributed by atoms with Crippen LogP contribution in [0.1, 0.15) is 6.92 Å². The highest BCUT2D eigenvalue weighted by atomic mass is 32.2. The van der Waals surface area contributed by atoms with Crippen LogP contribution in [0.15, 0.2) is 39.8 Å². The van der Waals surface area contributed by atoms with Gasteiger partial charge in [0.05, 0.1) is 0 Å². The Morgan fingerprint density at radius 3 is 2.60 bits per heavy atom. The van der Waals surface area contributed by atoms with Gasteiger partial charge in [0.15, 0.2) is 0 Å². The van der Waals surface area contributed by atoms with Crippen molar-refractivity contribution in [2.45, 2.75) is 11.8 Å². The Labute approximate surface area is 92.6 Å². The molecule has 0 amide bonds. The normalized spacial score (nSPS) is 10.5. The Morgan fingerprint density at radius 2 is 2.07 bits per heavy atom. The van der Waals surface area contributed by atoms with E-state index in [1.54, 1.807) is 6.07 Å². The van der Waals surface area contributed by atoms with E-state index in [-0.39, 0.29) is 0 Å². The molecule has 2 rings (SSSR count). The van der Waals surface area contributed by atoms with E-state index in [1.807, 2.05) is 23.9 Å². The number of aromatic nitrogens is 1. The molecule has 15 heavy (non-hydrogen) atoms. The molecule has 1 aromatic heterocycles. The molecule has 0 aliphatic carbocycles. The maximum atomic E-state index is 5.46. The third kappa shape index (κ3) is 2.33. The molecular formula is C11H12N2OS. The summed E-state index contributed by atoms with van der Waals surface area (Å²) >= 11 is 1.82. The first-order valence-electron chi connectivity index (χ1n) is 4.75. The molecular weight excluding hydrogens is 208 g/mol. The highest BCUT2D eigenvalue weighted by Crippen LogP contribution is 2.24. The van der Waals surface area contributed by atoms with Crippen molar-refractivity contribution in [1.29, 1.82) is 0 Å². The Balaban J connectivity index is 2.23. The van der Waals surface area contributed by atoms with Gasteiger partial charge in [0.2, 0.25) is 5.88 Å². The number of hydrogen-bond donors (Lipinski definition) is 1. The summed E-state index contributed by atoms with van der Waals surface area (Å²) in [6, 6.07) is 9.93. The minimum Gasteiger partial charge on any atom is -0.368 e. The molecule has 3 nitrogen and oxygen atoms in total. The Morgan fingerprint density at radius 1 is 1.33 bits per heavy atom. The van der Waals surface area contributed by atoms with E-state index in [2.05, 4.69) is 24.2 Å². The highest BCUT2D eigenvalue weighted by Gasteiger charge is 2.03. The average molecular weight is 220 g/mol. The summed E-state index contributed by atoms with van der Waals surface area (Å²) in [6.07, 6.45) is 0. The number of rotatable bonds is 3. The zero-order valence-electron chi connectivity index (χ0n) is 8.43. The Bertz CT molecular complexity index is 436. The molecule has 1 aromatic carbocycles. The predicted octanol–water partition coefficient (Wildman–Crippen LogP) is 3.04. The van der Waals surface area contributed by atoms with Gasteiger partial charge in [-0.15, -0.1) is 11.8 Å². The number of hydrogen-bond acceptors (Lipinski definition) is 4. The summed E-state index contributed by atoms with van der Waals surface area (Å²) in [6.45, 7) is 2.14. The van der Waals surface area contributed by atoms with Gasteiger partial charge in [-0.25, -0.2) is 0 Å². The third-order valence-electron chi connectivity index (χ3n) is 1.99. The largest absolute Gasteiger partial charge is 0.368 e. The van der Waals surface area contributed by atoms with Gasteiger partial charge < -0.3 is 10.3 Å². The zero-order chi connectivity index (χ0) is 10.7. The molecule has 78 valence electrons. The minimum atomic E-state index is 0.344. The lowest BCUT2D eigenvalue weighted by Crippen LogP contribution is -1.78. The monoisotopic (exact) mass is 220 g/mol. The number of thioether (sulfide) groups is 1. The Kier molecular flexibility index (Phi) is 2.97. The van der Waals surface area contributed by atoms with Crippen LogP contribution < -0.4 is 5.73 Å². The number of nitrogen functional groups attached to an aromatic ring is 1. The second-order valence-electron chi connectivity index (χ2n) is 3.07. The van der Waals surface area contributed by atoms with E-state index >= 15 is 0 Å². The molecule has 0 radical (unpaired) electrons. The van der Waals surface area contributed by atoms with Crippen LogP contribution in [0.3, 0.4) is 0 Å². The van der Waals surface area contributed by atoms with E-state index in [4.69, 9.17) is 10.3 Å². The lowest BCUT2D eigenvalue weighted by Gasteiger charge is -1.99. The van der Waals surface area contributed by atoms with E-state index in [9.17, 15) is 0 Å². The molecule has 0 atom stereocenters. The molecule has 0 bridgehead atoms. The molecule has 0 aliphatic heterocycles. The van der Waals surface area contributed by atoms with Gasteiger partial charge in [-0.1, -0.05) is 24.2 Å². The van der Waals surface area contributed by atoms with Crippen LogP contribution in [0.2, 0.25) is 0 Å². The number of benzene rings is 1. The summed E-state index contributed by atoms with van der Waals surface area (Å²) in [4.78, 5) is 1.26. The quantitative estimate of drug-likeness (QED) is 0.808. The number of nitrogens with two attached hydrogens (primary N) is 1. The summed E-state index contributed by atoms with van der Waals surface area (Å²) in [5.74, 6) is 1.42. The van der Waals surface area contributed by atoms with E-state index in [0.717, 1.165) is 17.0 Å². The van der Waals surface area contributed by atoms with Crippen LogP contribution in [0, 0.1) is 0 Å². The van der Waals surface area contributed by atoms with E-state index in [1.165, 1.54) is 4.90 Å². The van der Waals surface area contributed by atoms with Crippen molar-refractivity contribution in [2.24, 2.45) is 0 Å². The maximum absolute atomic E-state index is 5.46. The fraction of sp³-hybridized carbons (Fsp3) is 0.182. The molecule has 0 saturated heterocycles. The predicted molar refractivity (Wildman–Crippen MR) is 62.7 cm³/mol. The van der Waals surface area contributed by atoms with Crippen molar-refractivity contribution >= 4 is 17.6 Å². The van der Waals surface area contributed by atoms with Gasteiger partial charge in [0, 0.05) is 16.5 Å². The topological polar surface area (TPSA) is 52.0 Å².